The highest BCUT2D eigenvalue weighted by atomic mass is 16.5. The van der Waals surface area contributed by atoms with Crippen molar-refractivity contribution >= 4 is 23.3 Å². The molecule has 228 valence electrons. The normalized spacial score (nSPS) is 14.8. The molecule has 3 rings (SSSR count). The highest BCUT2D eigenvalue weighted by Crippen LogP contribution is 2.30. The van der Waals surface area contributed by atoms with Gasteiger partial charge in [-0.05, 0) is 67.2 Å². The molecule has 42 heavy (non-hydrogen) atoms. The molecule has 0 saturated heterocycles. The number of rotatable bonds is 18. The summed E-state index contributed by atoms with van der Waals surface area (Å²) in [6.07, 6.45) is 16.7. The average Bonchev–Trinajstić information content (AvgIpc) is 3.02. The van der Waals surface area contributed by atoms with Gasteiger partial charge in [0.15, 0.2) is 0 Å². The standard InChI is InChI=1S/C36H50N2O4/c1-5-7-9-11-13-15-27-17-21-29(22-18-27)37-33-25-32(36(40)42-4)34(26-31(33)35(39)41-3)38-30-23-19-28(20-24-30)16-14-12-10-8-6-2/h17-25,34,37-38H,5-16,26H2,1-4H3. The molecule has 0 heterocycles. The largest absolute Gasteiger partial charge is 0.466 e. The Balaban J connectivity index is 1.71. The Hall–Kier alpha value is -3.54. The number of methoxy groups -OCH3 is 2. The second-order valence-corrected chi connectivity index (χ2v) is 11.2. The number of hydrogen-bond acceptors (Lipinski definition) is 6. The molecule has 0 amide bonds. The average molecular weight is 575 g/mol. The molecular weight excluding hydrogens is 524 g/mol. The van der Waals surface area contributed by atoms with Crippen LogP contribution in [0.15, 0.2) is 71.5 Å². The third-order valence-corrected chi connectivity index (χ3v) is 7.93. The molecule has 0 radical (unpaired) electrons. The van der Waals surface area contributed by atoms with Gasteiger partial charge in [0.25, 0.3) is 0 Å². The molecule has 2 aromatic carbocycles. The molecular formula is C36H50N2O4. The predicted octanol–water partition coefficient (Wildman–Crippen LogP) is 8.54. The minimum absolute atomic E-state index is 0.283. The van der Waals surface area contributed by atoms with Gasteiger partial charge < -0.3 is 20.1 Å². The van der Waals surface area contributed by atoms with Crippen LogP contribution in [0, 0.1) is 0 Å². The van der Waals surface area contributed by atoms with Crippen LogP contribution >= 0.6 is 0 Å². The molecule has 1 aliphatic rings. The maximum Gasteiger partial charge on any atom is 0.335 e. The third kappa shape index (κ3) is 10.4. The van der Waals surface area contributed by atoms with E-state index in [1.807, 2.05) is 24.3 Å². The number of aryl methyl sites for hydroxylation is 2. The molecule has 0 spiro atoms. The Morgan fingerprint density at radius 1 is 0.690 bits per heavy atom. The number of anilines is 2. The highest BCUT2D eigenvalue weighted by Gasteiger charge is 2.32. The lowest BCUT2D eigenvalue weighted by Gasteiger charge is -2.28. The van der Waals surface area contributed by atoms with E-state index in [0.29, 0.717) is 16.8 Å². The van der Waals surface area contributed by atoms with Crippen molar-refractivity contribution in [2.24, 2.45) is 0 Å². The van der Waals surface area contributed by atoms with Crippen molar-refractivity contribution in [1.29, 1.82) is 0 Å². The van der Waals surface area contributed by atoms with Crippen LogP contribution in [0.25, 0.3) is 0 Å². The second kappa shape index (κ2) is 18.1. The first-order valence-corrected chi connectivity index (χ1v) is 15.8. The van der Waals surface area contributed by atoms with E-state index in [-0.39, 0.29) is 6.42 Å². The number of allylic oxidation sites excluding steroid dienone is 1. The zero-order chi connectivity index (χ0) is 30.2. The van der Waals surface area contributed by atoms with E-state index in [9.17, 15) is 9.59 Å². The lowest BCUT2D eigenvalue weighted by molar-refractivity contribution is -0.138. The number of benzene rings is 2. The van der Waals surface area contributed by atoms with E-state index in [2.05, 4.69) is 48.7 Å². The van der Waals surface area contributed by atoms with Crippen LogP contribution < -0.4 is 10.6 Å². The van der Waals surface area contributed by atoms with E-state index < -0.39 is 18.0 Å². The Bertz CT molecular complexity index is 1180. The van der Waals surface area contributed by atoms with Crippen molar-refractivity contribution in [1.82, 2.24) is 0 Å². The number of esters is 2. The summed E-state index contributed by atoms with van der Waals surface area (Å²) in [5.74, 6) is -0.857. The quantitative estimate of drug-likeness (QED) is 0.137. The smallest absolute Gasteiger partial charge is 0.335 e. The Labute approximate surface area is 253 Å². The molecule has 2 N–H and O–H groups in total. The minimum atomic E-state index is -0.438. The Morgan fingerprint density at radius 2 is 1.19 bits per heavy atom. The first-order chi connectivity index (χ1) is 20.5. The molecule has 0 aliphatic heterocycles. The summed E-state index contributed by atoms with van der Waals surface area (Å²) in [4.78, 5) is 25.7. The summed E-state index contributed by atoms with van der Waals surface area (Å²) in [5, 5.41) is 6.81. The van der Waals surface area contributed by atoms with Gasteiger partial charge in [-0.25, -0.2) is 9.59 Å². The molecule has 1 atom stereocenters. The molecule has 0 aromatic heterocycles. The number of unbranched alkanes of at least 4 members (excludes halogenated alkanes) is 8. The zero-order valence-electron chi connectivity index (χ0n) is 26.1. The molecule has 6 nitrogen and oxygen atoms in total. The van der Waals surface area contributed by atoms with Crippen molar-refractivity contribution < 1.29 is 19.1 Å². The maximum atomic E-state index is 12.9. The summed E-state index contributed by atoms with van der Waals surface area (Å²) < 4.78 is 10.3. The number of ether oxygens (including phenoxy) is 2. The minimum Gasteiger partial charge on any atom is -0.466 e. The van der Waals surface area contributed by atoms with Crippen LogP contribution in [0.1, 0.15) is 95.6 Å². The molecule has 0 saturated carbocycles. The third-order valence-electron chi connectivity index (χ3n) is 7.93. The van der Waals surface area contributed by atoms with Gasteiger partial charge in [-0.15, -0.1) is 0 Å². The molecule has 0 fully saturated rings. The number of carbonyl (C=O) groups excluding carboxylic acids is 2. The van der Waals surface area contributed by atoms with Gasteiger partial charge in [0.05, 0.1) is 31.4 Å². The van der Waals surface area contributed by atoms with E-state index in [1.165, 1.54) is 89.6 Å². The molecule has 1 unspecified atom stereocenters. The molecule has 1 aliphatic carbocycles. The van der Waals surface area contributed by atoms with Gasteiger partial charge in [-0.1, -0.05) is 89.5 Å². The Kier molecular flexibility index (Phi) is 14.2. The first kappa shape index (κ1) is 33.0. The van der Waals surface area contributed by atoms with Crippen LogP contribution in [0.3, 0.4) is 0 Å². The molecule has 0 bridgehead atoms. The van der Waals surface area contributed by atoms with Crippen molar-refractivity contribution in [2.45, 2.75) is 103 Å². The lowest BCUT2D eigenvalue weighted by Crippen LogP contribution is -2.33. The number of nitrogens with one attached hydrogen (secondary N) is 2. The van der Waals surface area contributed by atoms with Gasteiger partial charge in [0.2, 0.25) is 0 Å². The molecule has 2 aromatic rings. The maximum absolute atomic E-state index is 12.9. The second-order valence-electron chi connectivity index (χ2n) is 11.2. The summed E-state index contributed by atoms with van der Waals surface area (Å²) in [5.41, 5.74) is 5.80. The van der Waals surface area contributed by atoms with E-state index in [1.54, 1.807) is 6.08 Å². The first-order valence-electron chi connectivity index (χ1n) is 15.8. The van der Waals surface area contributed by atoms with Gasteiger partial charge in [0, 0.05) is 23.5 Å². The van der Waals surface area contributed by atoms with Crippen LogP contribution in [-0.4, -0.2) is 32.2 Å². The van der Waals surface area contributed by atoms with Crippen LogP contribution in [0.4, 0.5) is 11.4 Å². The zero-order valence-corrected chi connectivity index (χ0v) is 26.1. The van der Waals surface area contributed by atoms with Crippen molar-refractivity contribution in [3.05, 3.63) is 82.6 Å². The summed E-state index contributed by atoms with van der Waals surface area (Å²) >= 11 is 0. The van der Waals surface area contributed by atoms with Gasteiger partial charge in [0.1, 0.15) is 0 Å². The van der Waals surface area contributed by atoms with Gasteiger partial charge in [-0.3, -0.25) is 0 Å². The monoisotopic (exact) mass is 574 g/mol. The fourth-order valence-electron chi connectivity index (χ4n) is 5.39. The predicted molar refractivity (Wildman–Crippen MR) is 173 cm³/mol. The summed E-state index contributed by atoms with van der Waals surface area (Å²) in [6.45, 7) is 4.46. The topological polar surface area (TPSA) is 76.7 Å². The van der Waals surface area contributed by atoms with Gasteiger partial charge in [-0.2, -0.15) is 0 Å². The van der Waals surface area contributed by atoms with Crippen LogP contribution in [0.2, 0.25) is 0 Å². The Morgan fingerprint density at radius 3 is 1.69 bits per heavy atom. The van der Waals surface area contributed by atoms with E-state index in [0.717, 1.165) is 24.2 Å². The molecule has 6 heteroatoms. The van der Waals surface area contributed by atoms with Crippen molar-refractivity contribution in [3.63, 3.8) is 0 Å². The van der Waals surface area contributed by atoms with E-state index in [4.69, 9.17) is 9.47 Å². The fraction of sp³-hybridized carbons (Fsp3) is 0.500. The number of hydrogen-bond donors (Lipinski definition) is 2. The SMILES string of the molecule is CCCCCCCc1ccc(NC2=C(C(=O)OC)CC(Nc3ccc(CCCCCCC)cc3)C(C(=O)OC)=C2)cc1. The highest BCUT2D eigenvalue weighted by molar-refractivity contribution is 5.97. The lowest BCUT2D eigenvalue weighted by atomic mass is 9.90. The van der Waals surface area contributed by atoms with Crippen LogP contribution in [-0.2, 0) is 31.9 Å². The van der Waals surface area contributed by atoms with Crippen molar-refractivity contribution in [3.8, 4) is 0 Å². The summed E-state index contributed by atoms with van der Waals surface area (Å²) in [6, 6.07) is 16.2. The van der Waals surface area contributed by atoms with E-state index >= 15 is 0 Å². The van der Waals surface area contributed by atoms with Crippen LogP contribution in [0.5, 0.6) is 0 Å². The summed E-state index contributed by atoms with van der Waals surface area (Å²) in [7, 11) is 2.76. The fourth-order valence-corrected chi connectivity index (χ4v) is 5.39. The number of carbonyl (C=O) groups is 2. The van der Waals surface area contributed by atoms with Crippen molar-refractivity contribution in [2.75, 3.05) is 24.9 Å². The van der Waals surface area contributed by atoms with Gasteiger partial charge >= 0.3 is 11.9 Å².